The molecule has 0 bridgehead atoms. The van der Waals surface area contributed by atoms with Gasteiger partial charge in [0.25, 0.3) is 0 Å². The van der Waals surface area contributed by atoms with Crippen LogP contribution in [0.1, 0.15) is 0 Å². The highest BCUT2D eigenvalue weighted by atomic mass is 19.1. The number of rotatable bonds is 10. The molecule has 0 heterocycles. The smallest absolute Gasteiger partial charge is 0.131 e. The van der Waals surface area contributed by atoms with Crippen molar-refractivity contribution in [3.63, 3.8) is 0 Å². The summed E-state index contributed by atoms with van der Waals surface area (Å²) in [4.78, 5) is 3.95. The summed E-state index contributed by atoms with van der Waals surface area (Å²) in [5, 5.41) is 5.31. The lowest BCUT2D eigenvalue weighted by Crippen LogP contribution is -2.12. The maximum Gasteiger partial charge on any atom is 0.131 e. The Hall–Kier alpha value is -9.14. The first-order chi connectivity index (χ1) is 35.2. The minimum Gasteiger partial charge on any atom is -0.310 e. The second kappa shape index (κ2) is 18.0. The number of anilines is 6. The highest BCUT2D eigenvalue weighted by Crippen LogP contribution is 2.49. The molecule has 0 amide bonds. The van der Waals surface area contributed by atoms with E-state index in [1.807, 2.05) is 82.6 Å². The molecule has 0 aliphatic heterocycles. The SMILES string of the molecule is Fc1ccc(N(c2cc(-c3ccccc3F)cc(-c3ccccc3F)c2)c2ccc3ccc4c(N(c5ccc(F)cc5)c5cc(-c6ccccc6F)cc(-c6ccccc6F)c5)ccc5ccc2c3c54)cc1. The van der Waals surface area contributed by atoms with Gasteiger partial charge in [0.05, 0.1) is 11.4 Å². The molecule has 0 saturated heterocycles. The standard InChI is InChI=1S/C64H38F6N2/c65-45-21-25-47(26-22-45)71(49-35-41(51-9-1-5-13-57(51)67)33-42(36-49)52-10-2-6-14-58(52)68)61-31-19-39-18-30-56-62(32-20-40-17-29-55(61)63(39)64(40)56)72(48-27-23-46(66)24-28-48)50-37-43(53-11-3-7-15-59(53)69)34-44(38-50)54-12-4-8-16-60(54)70/h1-38H. The first-order valence-corrected chi connectivity index (χ1v) is 23.3. The molecule has 2 nitrogen and oxygen atoms in total. The molecule has 12 rings (SSSR count). The van der Waals surface area contributed by atoms with Crippen molar-refractivity contribution in [3.8, 4) is 44.5 Å². The van der Waals surface area contributed by atoms with Gasteiger partial charge < -0.3 is 9.80 Å². The summed E-state index contributed by atoms with van der Waals surface area (Å²) >= 11 is 0. The number of benzene rings is 12. The molecule has 0 fully saturated rings. The maximum absolute atomic E-state index is 15.7. The van der Waals surface area contributed by atoms with E-state index in [0.717, 1.165) is 32.3 Å². The van der Waals surface area contributed by atoms with Crippen molar-refractivity contribution in [3.05, 3.63) is 265 Å². The third kappa shape index (κ3) is 7.83. The molecular formula is C64H38F6N2. The topological polar surface area (TPSA) is 6.48 Å². The van der Waals surface area contributed by atoms with E-state index >= 15 is 17.6 Å². The molecule has 12 aromatic carbocycles. The molecule has 72 heavy (non-hydrogen) atoms. The molecule has 0 aliphatic rings. The van der Waals surface area contributed by atoms with Crippen LogP contribution in [0.2, 0.25) is 0 Å². The molecule has 0 atom stereocenters. The Labute approximate surface area is 410 Å². The molecule has 0 saturated carbocycles. The second-order valence-corrected chi connectivity index (χ2v) is 17.7. The molecule has 12 aromatic rings. The molecule has 0 unspecified atom stereocenters. The molecule has 0 aliphatic carbocycles. The van der Waals surface area contributed by atoms with Crippen LogP contribution >= 0.6 is 0 Å². The normalized spacial score (nSPS) is 11.5. The van der Waals surface area contributed by atoms with Crippen LogP contribution in [-0.4, -0.2) is 0 Å². The van der Waals surface area contributed by atoms with Crippen LogP contribution in [0.15, 0.2) is 231 Å². The number of halogens is 6. The van der Waals surface area contributed by atoms with Crippen molar-refractivity contribution >= 4 is 66.4 Å². The predicted molar refractivity (Wildman–Crippen MR) is 281 cm³/mol. The Morgan fingerprint density at radius 1 is 0.250 bits per heavy atom. The van der Waals surface area contributed by atoms with E-state index < -0.39 is 34.9 Å². The first-order valence-electron chi connectivity index (χ1n) is 23.3. The van der Waals surface area contributed by atoms with Gasteiger partial charge in [-0.05, 0) is 165 Å². The Balaban J connectivity index is 1.11. The van der Waals surface area contributed by atoms with E-state index in [0.29, 0.717) is 78.6 Å². The number of nitrogens with zero attached hydrogens (tertiary/aromatic N) is 2. The van der Waals surface area contributed by atoms with Crippen LogP contribution < -0.4 is 9.80 Å². The van der Waals surface area contributed by atoms with Gasteiger partial charge >= 0.3 is 0 Å². The summed E-state index contributed by atoms with van der Waals surface area (Å²) < 4.78 is 92.5. The lowest BCUT2D eigenvalue weighted by atomic mass is 9.91. The third-order valence-corrected chi connectivity index (χ3v) is 13.4. The minimum absolute atomic E-state index is 0.324. The summed E-state index contributed by atoms with van der Waals surface area (Å²) in [6, 6.07) is 65.1. The molecule has 0 aromatic heterocycles. The largest absolute Gasteiger partial charge is 0.310 e. The van der Waals surface area contributed by atoms with E-state index in [-0.39, 0.29) is 0 Å². The lowest BCUT2D eigenvalue weighted by molar-refractivity contribution is 0.627. The summed E-state index contributed by atoms with van der Waals surface area (Å²) in [5.41, 5.74) is 7.09. The van der Waals surface area contributed by atoms with E-state index in [1.54, 1.807) is 109 Å². The minimum atomic E-state index is -0.446. The molecule has 0 N–H and O–H groups in total. The Morgan fingerprint density at radius 2 is 0.542 bits per heavy atom. The van der Waals surface area contributed by atoms with Crippen molar-refractivity contribution in [1.82, 2.24) is 0 Å². The summed E-state index contributed by atoms with van der Waals surface area (Å²) in [7, 11) is 0. The molecule has 0 radical (unpaired) electrons. The van der Waals surface area contributed by atoms with Crippen molar-refractivity contribution in [2.45, 2.75) is 0 Å². The fraction of sp³-hybridized carbons (Fsp3) is 0. The average Bonchev–Trinajstić information content (AvgIpc) is 3.40. The van der Waals surface area contributed by atoms with Crippen molar-refractivity contribution in [2.24, 2.45) is 0 Å². The van der Waals surface area contributed by atoms with Crippen LogP contribution in [0.3, 0.4) is 0 Å². The van der Waals surface area contributed by atoms with Crippen LogP contribution in [-0.2, 0) is 0 Å². The van der Waals surface area contributed by atoms with Crippen LogP contribution in [0.25, 0.3) is 76.8 Å². The quantitative estimate of drug-likeness (QED) is 0.0996. The van der Waals surface area contributed by atoms with Gasteiger partial charge in [-0.25, -0.2) is 26.3 Å². The third-order valence-electron chi connectivity index (χ3n) is 13.4. The molecule has 346 valence electrons. The lowest BCUT2D eigenvalue weighted by Gasteiger charge is -2.30. The second-order valence-electron chi connectivity index (χ2n) is 17.7. The zero-order valence-corrected chi connectivity index (χ0v) is 38.1. The highest BCUT2D eigenvalue weighted by Gasteiger charge is 2.25. The van der Waals surface area contributed by atoms with Gasteiger partial charge in [0.1, 0.15) is 34.9 Å². The van der Waals surface area contributed by atoms with Gasteiger partial charge in [0.15, 0.2) is 0 Å². The van der Waals surface area contributed by atoms with Gasteiger partial charge in [0.2, 0.25) is 0 Å². The van der Waals surface area contributed by atoms with E-state index in [9.17, 15) is 8.78 Å². The Morgan fingerprint density at radius 3 is 0.847 bits per heavy atom. The summed E-state index contributed by atoms with van der Waals surface area (Å²) in [5.74, 6) is -2.65. The average molecular weight is 949 g/mol. The maximum atomic E-state index is 15.7. The van der Waals surface area contributed by atoms with Crippen LogP contribution in [0.5, 0.6) is 0 Å². The highest BCUT2D eigenvalue weighted by molar-refractivity contribution is 6.28. The summed E-state index contributed by atoms with van der Waals surface area (Å²) in [6.07, 6.45) is 0. The number of hydrogen-bond donors (Lipinski definition) is 0. The summed E-state index contributed by atoms with van der Waals surface area (Å²) in [6.45, 7) is 0. The van der Waals surface area contributed by atoms with Gasteiger partial charge in [-0.1, -0.05) is 109 Å². The monoisotopic (exact) mass is 948 g/mol. The molecule has 0 spiro atoms. The zero-order chi connectivity index (χ0) is 49.0. The van der Waals surface area contributed by atoms with Crippen molar-refractivity contribution in [1.29, 1.82) is 0 Å². The van der Waals surface area contributed by atoms with Gasteiger partial charge in [0, 0.05) is 55.8 Å². The van der Waals surface area contributed by atoms with Crippen LogP contribution in [0.4, 0.5) is 60.5 Å². The Bertz CT molecular complexity index is 3630. The van der Waals surface area contributed by atoms with E-state index in [2.05, 4.69) is 0 Å². The van der Waals surface area contributed by atoms with E-state index in [4.69, 9.17) is 0 Å². The van der Waals surface area contributed by atoms with E-state index in [1.165, 1.54) is 48.5 Å². The van der Waals surface area contributed by atoms with Gasteiger partial charge in [-0.15, -0.1) is 0 Å². The zero-order valence-electron chi connectivity index (χ0n) is 38.1. The van der Waals surface area contributed by atoms with Crippen LogP contribution in [0, 0.1) is 34.9 Å². The van der Waals surface area contributed by atoms with Crippen molar-refractivity contribution < 1.29 is 26.3 Å². The fourth-order valence-corrected chi connectivity index (χ4v) is 10.1. The number of hydrogen-bond acceptors (Lipinski definition) is 2. The molecule has 8 heteroatoms. The molecular weight excluding hydrogens is 911 g/mol. The predicted octanol–water partition coefficient (Wildman–Crippen LogP) is 19.0. The first kappa shape index (κ1) is 44.1. The van der Waals surface area contributed by atoms with Gasteiger partial charge in [-0.2, -0.15) is 0 Å². The van der Waals surface area contributed by atoms with Crippen molar-refractivity contribution in [2.75, 3.05) is 9.80 Å². The fourth-order valence-electron chi connectivity index (χ4n) is 10.1. The van der Waals surface area contributed by atoms with Gasteiger partial charge in [-0.3, -0.25) is 0 Å². The Kier molecular flexibility index (Phi) is 11.0.